The molecule has 136 valence electrons. The molecule has 0 spiro atoms. The Labute approximate surface area is 150 Å². The van der Waals surface area contributed by atoms with E-state index in [1.54, 1.807) is 39.0 Å². The van der Waals surface area contributed by atoms with E-state index >= 15 is 0 Å². The minimum absolute atomic E-state index is 0.318. The second-order valence-electron chi connectivity index (χ2n) is 6.97. The summed E-state index contributed by atoms with van der Waals surface area (Å²) < 4.78 is 15.0. The third-order valence-electron chi connectivity index (χ3n) is 4.56. The summed E-state index contributed by atoms with van der Waals surface area (Å²) in [5.74, 6) is -1.09. The molecule has 1 fully saturated rings. The highest BCUT2D eigenvalue weighted by atomic mass is 19.1. The molecule has 1 N–H and O–H groups in total. The molecule has 1 aliphatic rings. The number of hydrogen-bond donors (Lipinski definition) is 1. The van der Waals surface area contributed by atoms with Gasteiger partial charge < -0.3 is 9.88 Å². The number of imide groups is 1. The third kappa shape index (κ3) is 2.89. The molecule has 0 aliphatic carbocycles. The van der Waals surface area contributed by atoms with E-state index < -0.39 is 17.5 Å². The van der Waals surface area contributed by atoms with E-state index in [2.05, 4.69) is 5.32 Å². The van der Waals surface area contributed by atoms with Crippen molar-refractivity contribution in [1.82, 2.24) is 14.8 Å². The molecule has 6 nitrogen and oxygen atoms in total. The minimum atomic E-state index is -1.01. The van der Waals surface area contributed by atoms with Crippen LogP contribution in [0.2, 0.25) is 0 Å². The largest absolute Gasteiger partial charge is 0.325 e. The number of benzene rings is 1. The van der Waals surface area contributed by atoms with Crippen LogP contribution in [-0.4, -0.2) is 39.3 Å². The van der Waals surface area contributed by atoms with Gasteiger partial charge in [-0.1, -0.05) is 0 Å². The van der Waals surface area contributed by atoms with Gasteiger partial charge in [-0.25, -0.2) is 9.18 Å². The predicted octanol–water partition coefficient (Wildman–Crippen LogP) is 2.75. The lowest BCUT2D eigenvalue weighted by molar-refractivity contribution is -0.129. The van der Waals surface area contributed by atoms with E-state index in [4.69, 9.17) is 0 Å². The van der Waals surface area contributed by atoms with Gasteiger partial charge in [-0.15, -0.1) is 0 Å². The number of amides is 3. The van der Waals surface area contributed by atoms with Crippen LogP contribution in [0, 0.1) is 19.7 Å². The molecule has 2 aromatic rings. The molecule has 26 heavy (non-hydrogen) atoms. The predicted molar refractivity (Wildman–Crippen MR) is 93.9 cm³/mol. The summed E-state index contributed by atoms with van der Waals surface area (Å²) in [4.78, 5) is 37.9. The Morgan fingerprint density at radius 2 is 1.77 bits per heavy atom. The first kappa shape index (κ1) is 17.8. The van der Waals surface area contributed by atoms with Crippen molar-refractivity contribution in [3.05, 3.63) is 53.1 Å². The van der Waals surface area contributed by atoms with Crippen molar-refractivity contribution in [2.45, 2.75) is 33.2 Å². The van der Waals surface area contributed by atoms with Gasteiger partial charge in [0.05, 0.1) is 6.54 Å². The van der Waals surface area contributed by atoms with Crippen LogP contribution in [0.25, 0.3) is 5.69 Å². The highest BCUT2D eigenvalue weighted by Crippen LogP contribution is 2.23. The van der Waals surface area contributed by atoms with Crippen LogP contribution in [-0.2, 0) is 4.79 Å². The van der Waals surface area contributed by atoms with Crippen molar-refractivity contribution in [2.24, 2.45) is 0 Å². The van der Waals surface area contributed by atoms with E-state index in [-0.39, 0.29) is 18.1 Å². The van der Waals surface area contributed by atoms with Crippen LogP contribution in [0.3, 0.4) is 0 Å². The normalized spacial score (nSPS) is 16.1. The van der Waals surface area contributed by atoms with Crippen molar-refractivity contribution in [1.29, 1.82) is 0 Å². The summed E-state index contributed by atoms with van der Waals surface area (Å²) in [6, 6.07) is 7.11. The molecule has 0 radical (unpaired) electrons. The number of aryl methyl sites for hydroxylation is 1. The van der Waals surface area contributed by atoms with Crippen molar-refractivity contribution >= 4 is 17.7 Å². The zero-order valence-corrected chi connectivity index (χ0v) is 15.1. The Morgan fingerprint density at radius 3 is 2.31 bits per heavy atom. The maximum atomic E-state index is 13.2. The lowest BCUT2D eigenvalue weighted by Gasteiger charge is -2.15. The van der Waals surface area contributed by atoms with Crippen LogP contribution < -0.4 is 5.32 Å². The Morgan fingerprint density at radius 1 is 1.15 bits per heavy atom. The number of nitrogens with one attached hydrogen (secondary N) is 1. The molecule has 2 heterocycles. The van der Waals surface area contributed by atoms with Gasteiger partial charge in [0, 0.05) is 22.6 Å². The molecule has 7 heteroatoms. The number of carbonyl (C=O) groups is 3. The minimum Gasteiger partial charge on any atom is -0.324 e. The monoisotopic (exact) mass is 357 g/mol. The number of Topliss-reactive ketones (excluding diaryl/α,β-unsaturated/α-hetero) is 1. The summed E-state index contributed by atoms with van der Waals surface area (Å²) in [6.45, 7) is 6.49. The van der Waals surface area contributed by atoms with Crippen LogP contribution in [0.1, 0.15) is 35.6 Å². The number of halogens is 1. The zero-order chi connectivity index (χ0) is 19.2. The Hall–Kier alpha value is -2.96. The quantitative estimate of drug-likeness (QED) is 0.676. The van der Waals surface area contributed by atoms with Crippen LogP contribution in [0.15, 0.2) is 30.3 Å². The maximum Gasteiger partial charge on any atom is 0.325 e. The van der Waals surface area contributed by atoms with E-state index in [0.717, 1.165) is 16.3 Å². The first-order valence-corrected chi connectivity index (χ1v) is 8.24. The van der Waals surface area contributed by atoms with Crippen LogP contribution in [0.4, 0.5) is 9.18 Å². The molecular formula is C19H20FN3O3. The number of aromatic nitrogens is 1. The fourth-order valence-electron chi connectivity index (χ4n) is 3.22. The number of hydrogen-bond acceptors (Lipinski definition) is 3. The molecule has 1 saturated heterocycles. The fraction of sp³-hybridized carbons (Fsp3) is 0.316. The maximum absolute atomic E-state index is 13.2. The van der Waals surface area contributed by atoms with Crippen molar-refractivity contribution in [2.75, 3.05) is 6.54 Å². The summed E-state index contributed by atoms with van der Waals surface area (Å²) in [5, 5.41) is 2.56. The SMILES string of the molecule is Cc1cc(C(=O)CN2C(=O)NC(C)(C)C2=O)c(C)n1-c1ccc(F)cc1. The Balaban J connectivity index is 1.90. The van der Waals surface area contributed by atoms with E-state index in [1.807, 2.05) is 11.5 Å². The van der Waals surface area contributed by atoms with E-state index in [1.165, 1.54) is 12.1 Å². The highest BCUT2D eigenvalue weighted by Gasteiger charge is 2.45. The molecule has 0 saturated carbocycles. The lowest BCUT2D eigenvalue weighted by Crippen LogP contribution is -2.41. The van der Waals surface area contributed by atoms with Gasteiger partial charge in [-0.2, -0.15) is 0 Å². The number of urea groups is 1. The molecule has 3 amide bonds. The second-order valence-corrected chi connectivity index (χ2v) is 6.97. The number of carbonyl (C=O) groups excluding carboxylic acids is 3. The van der Waals surface area contributed by atoms with E-state index in [9.17, 15) is 18.8 Å². The van der Waals surface area contributed by atoms with Gasteiger partial charge >= 0.3 is 6.03 Å². The van der Waals surface area contributed by atoms with Crippen LogP contribution in [0.5, 0.6) is 0 Å². The highest BCUT2D eigenvalue weighted by molar-refractivity contribution is 6.11. The molecule has 0 atom stereocenters. The van der Waals surface area contributed by atoms with Gasteiger partial charge in [0.25, 0.3) is 5.91 Å². The summed E-state index contributed by atoms with van der Waals surface area (Å²) in [6.07, 6.45) is 0. The molecule has 1 aliphatic heterocycles. The molecule has 1 aromatic carbocycles. The standard InChI is InChI=1S/C19H20FN3O3/c1-11-9-15(12(2)23(11)14-7-5-13(20)6-8-14)16(24)10-22-17(25)19(3,4)21-18(22)26/h5-9H,10H2,1-4H3,(H,21,26). The van der Waals surface area contributed by atoms with Gasteiger partial charge in [-0.05, 0) is 58.0 Å². The number of nitrogens with zero attached hydrogens (tertiary/aromatic N) is 2. The first-order valence-electron chi connectivity index (χ1n) is 8.24. The molecule has 0 unspecified atom stereocenters. The van der Waals surface area contributed by atoms with Gasteiger partial charge in [0.1, 0.15) is 11.4 Å². The topological polar surface area (TPSA) is 71.4 Å². The lowest BCUT2D eigenvalue weighted by atomic mass is 10.1. The first-order chi connectivity index (χ1) is 12.1. The van der Waals surface area contributed by atoms with Crippen LogP contribution >= 0.6 is 0 Å². The van der Waals surface area contributed by atoms with Crippen molar-refractivity contribution in [3.8, 4) is 5.69 Å². The molecule has 0 bridgehead atoms. The van der Waals surface area contributed by atoms with Crippen molar-refractivity contribution in [3.63, 3.8) is 0 Å². The fourth-order valence-corrected chi connectivity index (χ4v) is 3.22. The van der Waals surface area contributed by atoms with Gasteiger partial charge in [0.15, 0.2) is 5.78 Å². The molecule has 3 rings (SSSR count). The summed E-state index contributed by atoms with van der Waals surface area (Å²) in [7, 11) is 0. The van der Waals surface area contributed by atoms with Crippen molar-refractivity contribution < 1.29 is 18.8 Å². The Bertz CT molecular complexity index is 913. The average Bonchev–Trinajstić information content (AvgIpc) is 2.96. The third-order valence-corrected chi connectivity index (χ3v) is 4.56. The molecular weight excluding hydrogens is 337 g/mol. The van der Waals surface area contributed by atoms with Gasteiger partial charge in [-0.3, -0.25) is 14.5 Å². The number of ketones is 1. The van der Waals surface area contributed by atoms with E-state index in [0.29, 0.717) is 11.3 Å². The Kier molecular flexibility index (Phi) is 4.18. The average molecular weight is 357 g/mol. The summed E-state index contributed by atoms with van der Waals surface area (Å²) >= 11 is 0. The zero-order valence-electron chi connectivity index (χ0n) is 15.1. The smallest absolute Gasteiger partial charge is 0.324 e. The van der Waals surface area contributed by atoms with Gasteiger partial charge in [0.2, 0.25) is 0 Å². The molecule has 1 aromatic heterocycles. The summed E-state index contributed by atoms with van der Waals surface area (Å²) in [5.41, 5.74) is 1.62. The second kappa shape index (κ2) is 6.09. The number of rotatable bonds is 4.